The van der Waals surface area contributed by atoms with Crippen molar-refractivity contribution in [1.29, 1.82) is 0 Å². The van der Waals surface area contributed by atoms with Crippen LogP contribution in [-0.4, -0.2) is 38.9 Å². The normalized spacial score (nSPS) is 15.8. The molecule has 7 heteroatoms. The van der Waals surface area contributed by atoms with Crippen molar-refractivity contribution >= 4 is 15.9 Å². The van der Waals surface area contributed by atoms with E-state index in [1.54, 1.807) is 19.1 Å². The summed E-state index contributed by atoms with van der Waals surface area (Å²) < 4.78 is 26.7. The minimum atomic E-state index is -3.59. The lowest BCUT2D eigenvalue weighted by Gasteiger charge is -2.30. The van der Waals surface area contributed by atoms with Crippen molar-refractivity contribution in [3.63, 3.8) is 0 Å². The number of nitrogens with zero attached hydrogens (tertiary/aromatic N) is 1. The smallest absolute Gasteiger partial charge is 0.251 e. The summed E-state index contributed by atoms with van der Waals surface area (Å²) in [6.45, 7) is 8.00. The van der Waals surface area contributed by atoms with Gasteiger partial charge in [0.15, 0.2) is 0 Å². The lowest BCUT2D eigenvalue weighted by molar-refractivity contribution is 0.0950. The van der Waals surface area contributed by atoms with E-state index in [0.29, 0.717) is 18.7 Å². The Morgan fingerprint density at radius 1 is 1.07 bits per heavy atom. The van der Waals surface area contributed by atoms with E-state index < -0.39 is 10.0 Å². The van der Waals surface area contributed by atoms with Crippen molar-refractivity contribution < 1.29 is 13.2 Å². The van der Waals surface area contributed by atoms with Crippen LogP contribution in [0.3, 0.4) is 0 Å². The minimum absolute atomic E-state index is 0.0912. The molecule has 0 saturated carbocycles. The summed E-state index contributed by atoms with van der Waals surface area (Å²) in [5, 5.41) is 2.87. The van der Waals surface area contributed by atoms with Crippen LogP contribution in [0.1, 0.15) is 48.2 Å². The molecular weight excluding hydrogens is 398 g/mol. The van der Waals surface area contributed by atoms with Crippen LogP contribution < -0.4 is 10.0 Å². The van der Waals surface area contributed by atoms with E-state index in [1.165, 1.54) is 30.5 Å². The number of piperidine rings is 1. The quantitative estimate of drug-likeness (QED) is 0.676. The first-order chi connectivity index (χ1) is 14.4. The predicted molar refractivity (Wildman–Crippen MR) is 119 cm³/mol. The van der Waals surface area contributed by atoms with E-state index in [9.17, 15) is 13.2 Å². The highest BCUT2D eigenvalue weighted by molar-refractivity contribution is 7.89. The summed E-state index contributed by atoms with van der Waals surface area (Å²) in [5.41, 5.74) is 2.61. The van der Waals surface area contributed by atoms with E-state index in [1.807, 2.05) is 12.1 Å². The zero-order valence-electron chi connectivity index (χ0n) is 17.7. The molecule has 2 aromatic rings. The first kappa shape index (κ1) is 22.5. The van der Waals surface area contributed by atoms with Gasteiger partial charge >= 0.3 is 0 Å². The largest absolute Gasteiger partial charge is 0.348 e. The number of likely N-dealkylation sites (tertiary alicyclic amines) is 1. The lowest BCUT2D eigenvalue weighted by atomic mass is 9.99. The molecular formula is C23H31N3O3S. The van der Waals surface area contributed by atoms with Crippen LogP contribution in [0.5, 0.6) is 0 Å². The van der Waals surface area contributed by atoms with Gasteiger partial charge in [0.05, 0.1) is 4.90 Å². The molecule has 0 radical (unpaired) electrons. The molecule has 162 valence electrons. The second-order valence-corrected chi connectivity index (χ2v) is 9.75. The highest BCUT2D eigenvalue weighted by Crippen LogP contribution is 2.18. The summed E-state index contributed by atoms with van der Waals surface area (Å²) in [5.74, 6) is 0.533. The molecule has 0 aliphatic carbocycles. The van der Waals surface area contributed by atoms with Gasteiger partial charge in [-0.2, -0.15) is 0 Å². The van der Waals surface area contributed by atoms with E-state index in [0.717, 1.165) is 31.1 Å². The number of nitrogens with one attached hydrogen (secondary N) is 2. The highest BCUT2D eigenvalue weighted by Gasteiger charge is 2.16. The molecule has 0 atom stereocenters. The van der Waals surface area contributed by atoms with Gasteiger partial charge in [0.25, 0.3) is 5.91 Å². The van der Waals surface area contributed by atoms with Gasteiger partial charge < -0.3 is 5.32 Å². The summed E-state index contributed by atoms with van der Waals surface area (Å²) in [6.07, 6.45) is 2.53. The molecule has 30 heavy (non-hydrogen) atoms. The number of rotatable bonds is 8. The molecule has 1 saturated heterocycles. The fraction of sp³-hybridized carbons (Fsp3) is 0.435. The number of amides is 1. The Bertz CT molecular complexity index is 950. The van der Waals surface area contributed by atoms with Crippen LogP contribution in [0, 0.1) is 5.92 Å². The Morgan fingerprint density at radius 2 is 1.73 bits per heavy atom. The van der Waals surface area contributed by atoms with Crippen LogP contribution in [-0.2, 0) is 23.1 Å². The van der Waals surface area contributed by atoms with Gasteiger partial charge in [-0.1, -0.05) is 44.2 Å². The molecule has 1 heterocycles. The van der Waals surface area contributed by atoms with Crippen molar-refractivity contribution in [2.45, 2.75) is 44.7 Å². The monoisotopic (exact) mass is 429 g/mol. The zero-order valence-corrected chi connectivity index (χ0v) is 18.5. The average molecular weight is 430 g/mol. The van der Waals surface area contributed by atoms with E-state index >= 15 is 0 Å². The summed E-state index contributed by atoms with van der Waals surface area (Å²) in [4.78, 5) is 15.1. The molecule has 2 aromatic carbocycles. The fourth-order valence-corrected chi connectivity index (χ4v) is 4.69. The maximum atomic E-state index is 12.5. The maximum Gasteiger partial charge on any atom is 0.251 e. The van der Waals surface area contributed by atoms with Crippen LogP contribution in [0.15, 0.2) is 53.4 Å². The molecule has 2 N–H and O–H groups in total. The molecule has 0 spiro atoms. The van der Waals surface area contributed by atoms with Gasteiger partial charge in [0, 0.05) is 25.2 Å². The summed E-state index contributed by atoms with van der Waals surface area (Å²) in [6, 6.07) is 14.4. The van der Waals surface area contributed by atoms with Gasteiger partial charge in [0.1, 0.15) is 0 Å². The van der Waals surface area contributed by atoms with Crippen molar-refractivity contribution in [3.05, 3.63) is 65.2 Å². The number of carbonyl (C=O) groups excluding carboxylic acids is 1. The van der Waals surface area contributed by atoms with Gasteiger partial charge in [-0.15, -0.1) is 0 Å². The van der Waals surface area contributed by atoms with Crippen molar-refractivity contribution in [2.75, 3.05) is 19.6 Å². The molecule has 3 rings (SSSR count). The second kappa shape index (κ2) is 10.2. The van der Waals surface area contributed by atoms with Crippen molar-refractivity contribution in [2.24, 2.45) is 5.92 Å². The summed E-state index contributed by atoms with van der Waals surface area (Å²) in [7, 11) is -3.59. The first-order valence-corrected chi connectivity index (χ1v) is 12.0. The molecule has 0 bridgehead atoms. The molecule has 1 aliphatic heterocycles. The lowest BCUT2D eigenvalue weighted by Crippen LogP contribution is -2.32. The van der Waals surface area contributed by atoms with E-state index in [2.05, 4.69) is 34.0 Å². The average Bonchev–Trinajstić information content (AvgIpc) is 2.75. The zero-order chi connectivity index (χ0) is 21.6. The third-order valence-electron chi connectivity index (χ3n) is 5.50. The minimum Gasteiger partial charge on any atom is -0.348 e. The highest BCUT2D eigenvalue weighted by atomic mass is 32.2. The van der Waals surface area contributed by atoms with Gasteiger partial charge in [-0.25, -0.2) is 13.1 Å². The van der Waals surface area contributed by atoms with Crippen molar-refractivity contribution in [3.8, 4) is 0 Å². The van der Waals surface area contributed by atoms with Crippen LogP contribution >= 0.6 is 0 Å². The Balaban J connectivity index is 1.55. The molecule has 6 nitrogen and oxygen atoms in total. The van der Waals surface area contributed by atoms with E-state index in [-0.39, 0.29) is 10.8 Å². The third kappa shape index (κ3) is 6.14. The number of hydrogen-bond acceptors (Lipinski definition) is 4. The predicted octanol–water partition coefficient (Wildman–Crippen LogP) is 3.15. The van der Waals surface area contributed by atoms with Gasteiger partial charge in [-0.3, -0.25) is 9.69 Å². The Hall–Kier alpha value is -2.22. The topological polar surface area (TPSA) is 78.5 Å². The Labute approximate surface area is 179 Å². The molecule has 1 amide bonds. The maximum absolute atomic E-state index is 12.5. The van der Waals surface area contributed by atoms with Crippen LogP contribution in [0.25, 0.3) is 0 Å². The van der Waals surface area contributed by atoms with Gasteiger partial charge in [0.2, 0.25) is 10.0 Å². The molecule has 1 aliphatic rings. The standard InChI is InChI=1S/C23H31N3O3S/c1-3-25-30(28,29)22-6-4-5-21(15-22)23(27)24-16-19-7-9-20(10-8-19)17-26-13-11-18(2)12-14-26/h4-10,15,18,25H,3,11-14,16-17H2,1-2H3,(H,24,27). The first-order valence-electron chi connectivity index (χ1n) is 10.6. The van der Waals surface area contributed by atoms with Crippen LogP contribution in [0.2, 0.25) is 0 Å². The van der Waals surface area contributed by atoms with E-state index in [4.69, 9.17) is 0 Å². The second-order valence-electron chi connectivity index (χ2n) is 7.99. The fourth-order valence-electron chi connectivity index (χ4n) is 3.60. The molecule has 1 fully saturated rings. The Morgan fingerprint density at radius 3 is 2.40 bits per heavy atom. The number of hydrogen-bond donors (Lipinski definition) is 2. The SMILES string of the molecule is CCNS(=O)(=O)c1cccc(C(=O)NCc2ccc(CN3CCC(C)CC3)cc2)c1. The van der Waals surface area contributed by atoms with Crippen molar-refractivity contribution in [1.82, 2.24) is 14.9 Å². The summed E-state index contributed by atoms with van der Waals surface area (Å²) >= 11 is 0. The van der Waals surface area contributed by atoms with Crippen LogP contribution in [0.4, 0.5) is 0 Å². The third-order valence-corrected chi connectivity index (χ3v) is 7.04. The molecule has 0 unspecified atom stereocenters. The number of carbonyl (C=O) groups is 1. The number of sulfonamides is 1. The number of benzene rings is 2. The molecule has 0 aromatic heterocycles. The Kier molecular flexibility index (Phi) is 7.64. The van der Waals surface area contributed by atoms with Gasteiger partial charge in [-0.05, 0) is 61.2 Å².